The molecule has 0 aromatic heterocycles. The number of hydrogen-bond donors (Lipinski definition) is 3. The van der Waals surface area contributed by atoms with Crippen molar-refractivity contribution in [2.24, 2.45) is 0 Å². The van der Waals surface area contributed by atoms with Crippen LogP contribution in [0, 0.1) is 0 Å². The van der Waals surface area contributed by atoms with Gasteiger partial charge in [0.1, 0.15) is 5.78 Å². The SMILES string of the molecule is CCCCCCNC(=O)NCCCCCC(=O)CCCC[N+](C)(C)CC(=O)O. The van der Waals surface area contributed by atoms with Gasteiger partial charge in [-0.3, -0.25) is 4.79 Å². The third-order valence-corrected chi connectivity index (χ3v) is 4.77. The number of hydrogen-bond acceptors (Lipinski definition) is 3. The normalized spacial score (nSPS) is 11.2. The van der Waals surface area contributed by atoms with Gasteiger partial charge in [0.2, 0.25) is 0 Å². The first kappa shape index (κ1) is 26.4. The van der Waals surface area contributed by atoms with Crippen molar-refractivity contribution >= 4 is 17.8 Å². The molecule has 0 fully saturated rings. The van der Waals surface area contributed by atoms with E-state index in [1.54, 1.807) is 0 Å². The van der Waals surface area contributed by atoms with Gasteiger partial charge in [-0.15, -0.1) is 0 Å². The highest BCUT2D eigenvalue weighted by Crippen LogP contribution is 2.08. The van der Waals surface area contributed by atoms with Gasteiger partial charge in [-0.2, -0.15) is 0 Å². The number of unbranched alkanes of at least 4 members (excludes halogenated alkanes) is 6. The third kappa shape index (κ3) is 17.8. The molecule has 0 saturated heterocycles. The van der Waals surface area contributed by atoms with E-state index >= 15 is 0 Å². The zero-order valence-corrected chi connectivity index (χ0v) is 18.2. The molecule has 0 aromatic rings. The van der Waals surface area contributed by atoms with E-state index in [0.29, 0.717) is 23.9 Å². The van der Waals surface area contributed by atoms with Crippen molar-refractivity contribution < 1.29 is 24.0 Å². The first-order valence-electron chi connectivity index (χ1n) is 10.8. The van der Waals surface area contributed by atoms with Crippen LogP contribution < -0.4 is 10.6 Å². The average Bonchev–Trinajstić information content (AvgIpc) is 2.60. The van der Waals surface area contributed by atoms with Crippen LogP contribution in [-0.2, 0) is 9.59 Å². The summed E-state index contributed by atoms with van der Waals surface area (Å²) in [6.45, 7) is 4.42. The van der Waals surface area contributed by atoms with Gasteiger partial charge in [0.25, 0.3) is 0 Å². The Bertz CT molecular complexity index is 453. The molecule has 0 aliphatic rings. The molecule has 0 unspecified atom stereocenters. The molecule has 0 heterocycles. The zero-order valence-electron chi connectivity index (χ0n) is 18.2. The van der Waals surface area contributed by atoms with Crippen LogP contribution in [-0.4, -0.2) is 67.6 Å². The van der Waals surface area contributed by atoms with E-state index in [1.807, 2.05) is 14.1 Å². The molecule has 7 nitrogen and oxygen atoms in total. The fourth-order valence-corrected chi connectivity index (χ4v) is 3.07. The number of carboxylic acids is 1. The Balaban J connectivity index is 3.50. The summed E-state index contributed by atoms with van der Waals surface area (Å²) in [5.74, 6) is -0.513. The van der Waals surface area contributed by atoms with E-state index in [1.165, 1.54) is 12.8 Å². The van der Waals surface area contributed by atoms with Gasteiger partial charge in [0.15, 0.2) is 6.54 Å². The minimum Gasteiger partial charge on any atom is -0.477 e. The van der Waals surface area contributed by atoms with Gasteiger partial charge in [0, 0.05) is 25.9 Å². The number of carbonyl (C=O) groups excluding carboxylic acids is 2. The molecule has 0 rings (SSSR count). The van der Waals surface area contributed by atoms with Crippen LogP contribution in [0.15, 0.2) is 0 Å². The summed E-state index contributed by atoms with van der Waals surface area (Å²) in [5.41, 5.74) is 0. The Labute approximate surface area is 170 Å². The van der Waals surface area contributed by atoms with E-state index in [0.717, 1.165) is 58.0 Å². The summed E-state index contributed by atoms with van der Waals surface area (Å²) in [7, 11) is 3.80. The number of amides is 2. The molecular weight excluding hydrogens is 358 g/mol. The lowest BCUT2D eigenvalue weighted by atomic mass is 10.1. The molecule has 7 heteroatoms. The van der Waals surface area contributed by atoms with Crippen molar-refractivity contribution in [3.63, 3.8) is 0 Å². The fraction of sp³-hybridized carbons (Fsp3) is 0.857. The molecule has 28 heavy (non-hydrogen) atoms. The standard InChI is InChI=1S/C21H41N3O4/c1-4-5-6-10-15-22-21(28)23-16-11-7-8-13-19(25)14-9-12-17-24(2,3)18-20(26)27/h4-18H2,1-3H3,(H2-,22,23,26,27,28)/p+1. The molecule has 164 valence electrons. The lowest BCUT2D eigenvalue weighted by Gasteiger charge is -2.27. The summed E-state index contributed by atoms with van der Waals surface area (Å²) in [6, 6.07) is -0.100. The molecule has 0 aliphatic heterocycles. The minimum absolute atomic E-state index is 0.100. The lowest BCUT2D eigenvalue weighted by Crippen LogP contribution is -2.44. The van der Waals surface area contributed by atoms with Crippen molar-refractivity contribution in [1.82, 2.24) is 10.6 Å². The Hall–Kier alpha value is -1.63. The van der Waals surface area contributed by atoms with Crippen LogP contribution in [0.2, 0.25) is 0 Å². The second-order valence-corrected chi connectivity index (χ2v) is 8.26. The van der Waals surface area contributed by atoms with Crippen molar-refractivity contribution in [1.29, 1.82) is 0 Å². The number of carbonyl (C=O) groups is 3. The van der Waals surface area contributed by atoms with Crippen molar-refractivity contribution in [3.05, 3.63) is 0 Å². The number of quaternary nitrogens is 1. The molecule has 0 bridgehead atoms. The summed E-state index contributed by atoms with van der Waals surface area (Å²) in [4.78, 5) is 34.3. The lowest BCUT2D eigenvalue weighted by molar-refractivity contribution is -0.883. The highest BCUT2D eigenvalue weighted by molar-refractivity contribution is 5.78. The van der Waals surface area contributed by atoms with Gasteiger partial charge < -0.3 is 20.2 Å². The summed E-state index contributed by atoms with van der Waals surface area (Å²) < 4.78 is 0.447. The van der Waals surface area contributed by atoms with Crippen molar-refractivity contribution in [2.75, 3.05) is 40.3 Å². The molecule has 0 spiro atoms. The maximum atomic E-state index is 11.9. The second-order valence-electron chi connectivity index (χ2n) is 8.26. The number of ketones is 1. The first-order valence-corrected chi connectivity index (χ1v) is 10.8. The number of Topliss-reactive ketones (excluding diaryl/α,β-unsaturated/α-hetero) is 1. The van der Waals surface area contributed by atoms with E-state index in [9.17, 15) is 14.4 Å². The maximum absolute atomic E-state index is 11.9. The van der Waals surface area contributed by atoms with Gasteiger partial charge in [0.05, 0.1) is 20.6 Å². The van der Waals surface area contributed by atoms with Crippen molar-refractivity contribution in [2.45, 2.75) is 77.6 Å². The molecule has 2 amide bonds. The summed E-state index contributed by atoms with van der Waals surface area (Å²) in [6.07, 6.45) is 10.1. The van der Waals surface area contributed by atoms with Crippen LogP contribution in [0.1, 0.15) is 77.6 Å². The molecule has 0 saturated carbocycles. The maximum Gasteiger partial charge on any atom is 0.359 e. The monoisotopic (exact) mass is 400 g/mol. The minimum atomic E-state index is -0.792. The van der Waals surface area contributed by atoms with Crippen LogP contribution in [0.5, 0.6) is 0 Å². The van der Waals surface area contributed by atoms with Crippen molar-refractivity contribution in [3.8, 4) is 0 Å². The molecular formula is C21H42N3O4+. The largest absolute Gasteiger partial charge is 0.477 e. The Morgan fingerprint density at radius 3 is 1.86 bits per heavy atom. The zero-order chi connectivity index (χ0) is 21.3. The van der Waals surface area contributed by atoms with E-state index in [-0.39, 0.29) is 18.4 Å². The topological polar surface area (TPSA) is 95.5 Å². The highest BCUT2D eigenvalue weighted by Gasteiger charge is 2.18. The number of likely N-dealkylation sites (N-methyl/N-ethyl adjacent to an activating group) is 1. The molecule has 0 aliphatic carbocycles. The van der Waals surface area contributed by atoms with Gasteiger partial charge >= 0.3 is 12.0 Å². The van der Waals surface area contributed by atoms with E-state index in [2.05, 4.69) is 17.6 Å². The number of carboxylic acid groups (broad SMARTS) is 1. The summed E-state index contributed by atoms with van der Waals surface area (Å²) in [5, 5.41) is 14.6. The fourth-order valence-electron chi connectivity index (χ4n) is 3.07. The second kappa shape index (κ2) is 16.3. The van der Waals surface area contributed by atoms with E-state index < -0.39 is 5.97 Å². The Morgan fingerprint density at radius 1 is 0.786 bits per heavy atom. The highest BCUT2D eigenvalue weighted by atomic mass is 16.4. The van der Waals surface area contributed by atoms with Gasteiger partial charge in [-0.05, 0) is 32.1 Å². The van der Waals surface area contributed by atoms with Crippen LogP contribution in [0.25, 0.3) is 0 Å². The number of urea groups is 1. The Kier molecular flexibility index (Phi) is 15.4. The van der Waals surface area contributed by atoms with E-state index in [4.69, 9.17) is 5.11 Å². The van der Waals surface area contributed by atoms with Crippen LogP contribution in [0.3, 0.4) is 0 Å². The smallest absolute Gasteiger partial charge is 0.359 e. The van der Waals surface area contributed by atoms with Gasteiger partial charge in [-0.1, -0.05) is 32.6 Å². The number of nitrogens with zero attached hydrogens (tertiary/aromatic N) is 1. The average molecular weight is 401 g/mol. The molecule has 3 N–H and O–H groups in total. The number of aliphatic carboxylic acids is 1. The predicted molar refractivity (Wildman–Crippen MR) is 112 cm³/mol. The molecule has 0 radical (unpaired) electrons. The van der Waals surface area contributed by atoms with Gasteiger partial charge in [-0.25, -0.2) is 9.59 Å². The predicted octanol–water partition coefficient (Wildman–Crippen LogP) is 3.33. The number of rotatable bonds is 18. The van der Waals surface area contributed by atoms with Crippen LogP contribution >= 0.6 is 0 Å². The third-order valence-electron chi connectivity index (χ3n) is 4.77. The number of nitrogens with one attached hydrogen (secondary N) is 2. The first-order chi connectivity index (χ1) is 13.3. The quantitative estimate of drug-likeness (QED) is 0.243. The Morgan fingerprint density at radius 2 is 1.32 bits per heavy atom. The molecule has 0 aromatic carbocycles. The summed E-state index contributed by atoms with van der Waals surface area (Å²) >= 11 is 0. The van der Waals surface area contributed by atoms with Crippen LogP contribution in [0.4, 0.5) is 4.79 Å². The molecule has 0 atom stereocenters.